The lowest BCUT2D eigenvalue weighted by molar-refractivity contribution is 0.153. The highest BCUT2D eigenvalue weighted by molar-refractivity contribution is 5.88. The number of aryl methyl sites for hydroxylation is 5. The Morgan fingerprint density at radius 3 is 0.888 bits per heavy atom. The van der Waals surface area contributed by atoms with E-state index in [0.29, 0.717) is 25.2 Å². The number of benzene rings is 5. The Morgan fingerprint density at radius 1 is 0.378 bits per heavy atom. The average molecular weight is 1330 g/mol. The van der Waals surface area contributed by atoms with Gasteiger partial charge in [0, 0.05) is 138 Å². The minimum Gasteiger partial charge on any atom is -0.395 e. The zero-order chi connectivity index (χ0) is 69.9. The fourth-order valence-corrected chi connectivity index (χ4v) is 14.8. The van der Waals surface area contributed by atoms with Gasteiger partial charge in [-0.2, -0.15) is 0 Å². The number of H-pyrrole nitrogens is 5. The summed E-state index contributed by atoms with van der Waals surface area (Å²) in [5.74, 6) is 0. The highest BCUT2D eigenvalue weighted by Gasteiger charge is 2.28. The van der Waals surface area contributed by atoms with Crippen molar-refractivity contribution in [3.05, 3.63) is 229 Å². The van der Waals surface area contributed by atoms with Crippen LogP contribution >= 0.6 is 0 Å². The van der Waals surface area contributed by atoms with Gasteiger partial charge in [-0.3, -0.25) is 48.5 Å². The molecule has 5 aromatic carbocycles. The summed E-state index contributed by atoms with van der Waals surface area (Å²) < 4.78 is 0. The molecular weight excluding hydrogens is 1230 g/mol. The highest BCUT2D eigenvalue weighted by Crippen LogP contribution is 2.29. The fraction of sp³-hybridized carbons (Fsp3) is 0.430. The second-order valence-electron chi connectivity index (χ2n) is 27.6. The van der Waals surface area contributed by atoms with Crippen LogP contribution in [0.4, 0.5) is 0 Å². The molecule has 0 aliphatic carbocycles. The first-order valence-electron chi connectivity index (χ1n) is 34.9. The van der Waals surface area contributed by atoms with Gasteiger partial charge in [0.1, 0.15) is 0 Å². The number of aliphatic hydroxyl groups is 4. The first-order chi connectivity index (χ1) is 47.1. The highest BCUT2D eigenvalue weighted by atomic mass is 16.3. The monoisotopic (exact) mass is 1330 g/mol. The molecule has 4 saturated heterocycles. The molecule has 4 aliphatic heterocycles. The van der Waals surface area contributed by atoms with Crippen molar-refractivity contribution in [1.29, 1.82) is 0 Å². The maximum absolute atomic E-state index is 12.0. The van der Waals surface area contributed by atoms with Crippen molar-refractivity contribution in [2.75, 3.05) is 52.5 Å². The van der Waals surface area contributed by atoms with Gasteiger partial charge in [-0.15, -0.1) is 0 Å². The summed E-state index contributed by atoms with van der Waals surface area (Å²) in [6, 6.07) is 40.2. The molecule has 0 saturated carbocycles. The van der Waals surface area contributed by atoms with E-state index >= 15 is 0 Å². The lowest BCUT2D eigenvalue weighted by Crippen LogP contribution is -2.36. The molecule has 0 unspecified atom stereocenters. The molecule has 0 amide bonds. The second kappa shape index (κ2) is 33.1. The second-order valence-corrected chi connectivity index (χ2v) is 27.6. The van der Waals surface area contributed by atoms with Gasteiger partial charge in [-0.05, 0) is 199 Å². The molecule has 19 nitrogen and oxygen atoms in total. The molecule has 4 atom stereocenters. The predicted molar refractivity (Wildman–Crippen MR) is 395 cm³/mol. The number of pyridine rings is 5. The van der Waals surface area contributed by atoms with Crippen LogP contribution in [0.5, 0.6) is 0 Å². The topological polar surface area (TPSA) is 261 Å². The van der Waals surface area contributed by atoms with E-state index in [1.54, 1.807) is 0 Å². The smallest absolute Gasteiger partial charge is 0.256 e. The van der Waals surface area contributed by atoms with E-state index in [1.807, 2.05) is 156 Å². The number of hydrogen-bond acceptors (Lipinski definition) is 14. The molecule has 14 rings (SSSR count). The lowest BCUT2D eigenvalue weighted by Gasteiger charge is -2.31. The minimum absolute atomic E-state index is 0.00231. The van der Waals surface area contributed by atoms with Crippen LogP contribution in [-0.4, -0.2) is 159 Å². The van der Waals surface area contributed by atoms with Gasteiger partial charge in [-0.25, -0.2) is 0 Å². The van der Waals surface area contributed by atoms with Crippen LogP contribution in [0.25, 0.3) is 53.9 Å². The first kappa shape index (κ1) is 72.5. The van der Waals surface area contributed by atoms with Crippen LogP contribution in [-0.2, 0) is 32.7 Å². The Morgan fingerprint density at radius 2 is 0.633 bits per heavy atom. The molecule has 5 aromatic heterocycles. The summed E-state index contributed by atoms with van der Waals surface area (Å²) >= 11 is 0. The molecule has 10 aromatic rings. The molecule has 19 heteroatoms. The van der Waals surface area contributed by atoms with Crippen LogP contribution in [0, 0.1) is 34.6 Å². The van der Waals surface area contributed by atoms with Crippen molar-refractivity contribution < 1.29 is 20.4 Å². The third-order valence-electron chi connectivity index (χ3n) is 20.3. The van der Waals surface area contributed by atoms with Gasteiger partial charge in [0.05, 0.1) is 25.4 Å². The summed E-state index contributed by atoms with van der Waals surface area (Å²) in [6.07, 6.45) is 5.61. The molecule has 0 radical (unpaired) electrons. The van der Waals surface area contributed by atoms with E-state index < -0.39 is 0 Å². The van der Waals surface area contributed by atoms with Gasteiger partial charge in [0.2, 0.25) is 0 Å². The van der Waals surface area contributed by atoms with E-state index in [0.717, 1.165) is 191 Å². The van der Waals surface area contributed by atoms with Gasteiger partial charge in [0.25, 0.3) is 27.8 Å². The molecular formula is C79H100N10O9. The minimum atomic E-state index is -0.214. The third-order valence-corrected chi connectivity index (χ3v) is 20.3. The molecule has 4 aliphatic rings. The molecule has 4 fully saturated rings. The van der Waals surface area contributed by atoms with Gasteiger partial charge in [0.15, 0.2) is 0 Å². The summed E-state index contributed by atoms with van der Waals surface area (Å²) in [5.41, 5.74) is 10.4. The SMILES string of the molecule is Cc1[nH]c(=O)c2ccccc2c1CN(C(C)C)C(C)C.Cc1[nH]c(=O)c2ccccc2c1CN1CCC[C@@H]1CO.Cc1[nH]c(=O)c2ccccc2c1CN1CCC[C@H]1CO.Cc1[nH]c(=O)c2ccccc2c1CN1CC[C@@H](O)C1.Cc1[nH]c(=O)c2ccccc2c1CN1CC[C@H](O)C1. The number of β-amino-alcohol motifs (C(OH)–C–C–N with tert-alkyl or cyclic N) is 2. The number of aromatic nitrogens is 5. The number of nitrogens with zero attached hydrogens (tertiary/aromatic N) is 5. The predicted octanol–water partition coefficient (Wildman–Crippen LogP) is 9.85. The summed E-state index contributed by atoms with van der Waals surface area (Å²) in [4.78, 5) is 86.1. The average Bonchev–Trinajstić information content (AvgIpc) is 1.06. The van der Waals surface area contributed by atoms with Crippen molar-refractivity contribution >= 4 is 53.9 Å². The fourth-order valence-electron chi connectivity index (χ4n) is 14.8. The Hall–Kier alpha value is -8.21. The van der Waals surface area contributed by atoms with E-state index in [-0.39, 0.29) is 65.3 Å². The Labute approximate surface area is 572 Å². The van der Waals surface area contributed by atoms with Crippen LogP contribution in [0.2, 0.25) is 0 Å². The quantitative estimate of drug-likeness (QED) is 0.0491. The third kappa shape index (κ3) is 17.1. The van der Waals surface area contributed by atoms with E-state index in [1.165, 1.54) is 16.7 Å². The van der Waals surface area contributed by atoms with Crippen molar-refractivity contribution in [2.45, 2.75) is 170 Å². The van der Waals surface area contributed by atoms with Crippen LogP contribution in [0.1, 0.15) is 123 Å². The zero-order valence-corrected chi connectivity index (χ0v) is 58.5. The van der Waals surface area contributed by atoms with Crippen LogP contribution < -0.4 is 27.8 Å². The van der Waals surface area contributed by atoms with Crippen LogP contribution in [0.15, 0.2) is 145 Å². The zero-order valence-electron chi connectivity index (χ0n) is 58.5. The molecule has 9 N–H and O–H groups in total. The molecule has 0 bridgehead atoms. The number of rotatable bonds is 14. The van der Waals surface area contributed by atoms with Gasteiger partial charge >= 0.3 is 0 Å². The van der Waals surface area contributed by atoms with Gasteiger partial charge in [-0.1, -0.05) is 91.0 Å². The summed E-state index contributed by atoms with van der Waals surface area (Å²) in [6.45, 7) is 28.3. The molecule has 520 valence electrons. The van der Waals surface area contributed by atoms with Crippen molar-refractivity contribution in [3.63, 3.8) is 0 Å². The van der Waals surface area contributed by atoms with E-state index in [4.69, 9.17) is 0 Å². The maximum atomic E-state index is 12.0. The summed E-state index contributed by atoms with van der Waals surface area (Å²) in [5, 5.41) is 47.0. The van der Waals surface area contributed by atoms with E-state index in [2.05, 4.69) is 77.1 Å². The molecule has 9 heterocycles. The summed E-state index contributed by atoms with van der Waals surface area (Å²) in [7, 11) is 0. The number of nitrogens with one attached hydrogen (secondary N) is 5. The van der Waals surface area contributed by atoms with Crippen molar-refractivity contribution in [3.8, 4) is 0 Å². The van der Waals surface area contributed by atoms with Crippen molar-refractivity contribution in [2.24, 2.45) is 0 Å². The Balaban J connectivity index is 0.000000133. The number of aromatic amines is 5. The number of fused-ring (bicyclic) bond motifs is 5. The molecule has 98 heavy (non-hydrogen) atoms. The number of hydrogen-bond donors (Lipinski definition) is 9. The first-order valence-corrected chi connectivity index (χ1v) is 34.9. The number of aliphatic hydroxyl groups excluding tert-OH is 4. The van der Waals surface area contributed by atoms with Gasteiger partial charge < -0.3 is 45.3 Å². The van der Waals surface area contributed by atoms with Crippen LogP contribution in [0.3, 0.4) is 0 Å². The normalized spacial score (nSPS) is 18.4. The largest absolute Gasteiger partial charge is 0.395 e. The van der Waals surface area contributed by atoms with Crippen molar-refractivity contribution in [1.82, 2.24) is 49.4 Å². The standard InChI is InChI=1S/C17H24N2O.2C16H20N2O2.2C15H18N2O2/c1-11(2)19(12(3)4)10-16-13(5)18-17(20)15-9-7-6-8-14(15)16;2*1-11-15(9-18-8-4-5-12(18)10-19)13-6-2-3-7-14(13)16(20)17-11;2*1-10-14(9-17-7-6-11(18)8-17)12-4-2-3-5-13(12)15(19)16-10/h6-9,11-12H,10H2,1-5H3,(H,18,20);2*2-3,6-7,12,19H,4-5,8-10H2,1H3,(H,17,20);2*2-5,11,18H,6-9H2,1H3,(H,16,19)/t;2*12-;2*11-/m.1010/s1. The van der Waals surface area contributed by atoms with E-state index in [9.17, 15) is 44.4 Å². The Bertz CT molecular complexity index is 4460. The Kier molecular flexibility index (Phi) is 24.5. The maximum Gasteiger partial charge on any atom is 0.256 e. The number of likely N-dealkylation sites (tertiary alicyclic amines) is 4. The lowest BCUT2D eigenvalue weighted by atomic mass is 10.0. The molecule has 0 spiro atoms.